The average molecular weight is 330 g/mol. The molecule has 0 saturated heterocycles. The van der Waals surface area contributed by atoms with Gasteiger partial charge in [-0.15, -0.1) is 0 Å². The second-order valence-electron chi connectivity index (χ2n) is 4.03. The summed E-state index contributed by atoms with van der Waals surface area (Å²) in [5.74, 6) is 0.253. The van der Waals surface area contributed by atoms with E-state index in [1.54, 1.807) is 30.3 Å². The number of ether oxygens (including phenoxy) is 1. The molecule has 0 aliphatic carbocycles. The summed E-state index contributed by atoms with van der Waals surface area (Å²) in [6, 6.07) is 9.66. The molecule has 2 rings (SSSR count). The second-order valence-corrected chi connectivity index (χ2v) is 5.28. The minimum atomic E-state index is -0.211. The second kappa shape index (κ2) is 6.49. The molecule has 0 spiro atoms. The van der Waals surface area contributed by atoms with Crippen molar-refractivity contribution in [3.05, 3.63) is 62.6 Å². The van der Waals surface area contributed by atoms with Crippen LogP contribution in [0.4, 0.5) is 0 Å². The quantitative estimate of drug-likeness (QED) is 0.714. The molecule has 104 valence electrons. The molecule has 0 atom stereocenters. The Labute approximate surface area is 132 Å². The molecule has 0 aliphatic heterocycles. The van der Waals surface area contributed by atoms with Gasteiger partial charge >= 0.3 is 0 Å². The third kappa shape index (κ3) is 3.26. The van der Waals surface area contributed by atoms with E-state index in [1.165, 1.54) is 6.07 Å². The third-order valence-electron chi connectivity index (χ3n) is 2.67. The van der Waals surface area contributed by atoms with Crippen LogP contribution in [-0.4, -0.2) is 12.4 Å². The molecule has 0 radical (unpaired) electrons. The van der Waals surface area contributed by atoms with Crippen molar-refractivity contribution in [3.63, 3.8) is 0 Å². The fourth-order valence-corrected chi connectivity index (χ4v) is 2.31. The first kappa shape index (κ1) is 15.2. The first-order chi connectivity index (χ1) is 9.52. The maximum Gasteiger partial charge on any atom is 0.194 e. The lowest BCUT2D eigenvalue weighted by Crippen LogP contribution is -2.03. The Morgan fingerprint density at radius 3 is 2.30 bits per heavy atom. The first-order valence-corrected chi connectivity index (χ1v) is 7.08. The standard InChI is InChI=1S/C15H11Cl3O2/c1-2-20-14-8-12(17)11(7-13(14)18)15(19)9-3-5-10(16)6-4-9/h3-8H,2H2,1H3. The Hall–Kier alpha value is -1.22. The van der Waals surface area contributed by atoms with Crippen molar-refractivity contribution in [2.24, 2.45) is 0 Å². The molecule has 0 aliphatic rings. The van der Waals surface area contributed by atoms with Gasteiger partial charge in [0.15, 0.2) is 5.78 Å². The predicted molar refractivity (Wildman–Crippen MR) is 82.5 cm³/mol. The molecule has 2 aromatic rings. The first-order valence-electron chi connectivity index (χ1n) is 5.95. The zero-order chi connectivity index (χ0) is 14.7. The van der Waals surface area contributed by atoms with Crippen LogP contribution in [0.1, 0.15) is 22.8 Å². The number of benzene rings is 2. The fraction of sp³-hybridized carbons (Fsp3) is 0.133. The van der Waals surface area contributed by atoms with Crippen molar-refractivity contribution < 1.29 is 9.53 Å². The number of carbonyl (C=O) groups excluding carboxylic acids is 1. The molecule has 2 aromatic carbocycles. The predicted octanol–water partition coefficient (Wildman–Crippen LogP) is 5.28. The molecule has 0 bridgehead atoms. The normalized spacial score (nSPS) is 10.4. The Bertz CT molecular complexity index is 636. The van der Waals surface area contributed by atoms with E-state index in [9.17, 15) is 4.79 Å². The van der Waals surface area contributed by atoms with Crippen LogP contribution in [0, 0.1) is 0 Å². The van der Waals surface area contributed by atoms with Gasteiger partial charge in [-0.05, 0) is 37.3 Å². The number of hydrogen-bond donors (Lipinski definition) is 0. The molecule has 0 aromatic heterocycles. The molecule has 20 heavy (non-hydrogen) atoms. The van der Waals surface area contributed by atoms with Crippen LogP contribution in [0.25, 0.3) is 0 Å². The van der Waals surface area contributed by atoms with E-state index in [1.807, 2.05) is 6.92 Å². The number of carbonyl (C=O) groups is 1. The van der Waals surface area contributed by atoms with Crippen LogP contribution in [-0.2, 0) is 0 Å². The van der Waals surface area contributed by atoms with E-state index in [-0.39, 0.29) is 5.78 Å². The summed E-state index contributed by atoms with van der Waals surface area (Å²) in [5, 5.41) is 1.23. The van der Waals surface area contributed by atoms with Gasteiger partial charge in [-0.3, -0.25) is 4.79 Å². The molecule has 5 heteroatoms. The average Bonchev–Trinajstić information content (AvgIpc) is 2.43. The van der Waals surface area contributed by atoms with E-state index in [2.05, 4.69) is 0 Å². The molecule has 0 amide bonds. The summed E-state index contributed by atoms with van der Waals surface area (Å²) in [6.45, 7) is 2.32. The highest BCUT2D eigenvalue weighted by Crippen LogP contribution is 2.32. The highest BCUT2D eigenvalue weighted by Gasteiger charge is 2.16. The monoisotopic (exact) mass is 328 g/mol. The SMILES string of the molecule is CCOc1cc(Cl)c(C(=O)c2ccc(Cl)cc2)cc1Cl. The van der Waals surface area contributed by atoms with E-state index in [4.69, 9.17) is 39.5 Å². The van der Waals surface area contributed by atoms with Crippen molar-refractivity contribution in [1.82, 2.24) is 0 Å². The van der Waals surface area contributed by atoms with Crippen molar-refractivity contribution in [1.29, 1.82) is 0 Å². The molecule has 0 fully saturated rings. The molecule has 0 unspecified atom stereocenters. The minimum absolute atomic E-state index is 0.211. The van der Waals surface area contributed by atoms with Gasteiger partial charge < -0.3 is 4.74 Å². The summed E-state index contributed by atoms with van der Waals surface area (Å²) < 4.78 is 5.33. The number of rotatable bonds is 4. The Morgan fingerprint density at radius 2 is 1.70 bits per heavy atom. The van der Waals surface area contributed by atoms with Crippen LogP contribution in [0.5, 0.6) is 5.75 Å². The number of halogens is 3. The molecular weight excluding hydrogens is 319 g/mol. The highest BCUT2D eigenvalue weighted by atomic mass is 35.5. The van der Waals surface area contributed by atoms with Gasteiger partial charge in [0.2, 0.25) is 0 Å². The van der Waals surface area contributed by atoms with Gasteiger partial charge in [-0.2, -0.15) is 0 Å². The zero-order valence-electron chi connectivity index (χ0n) is 10.6. The van der Waals surface area contributed by atoms with Crippen molar-refractivity contribution in [2.75, 3.05) is 6.61 Å². The van der Waals surface area contributed by atoms with Crippen LogP contribution < -0.4 is 4.74 Å². The number of ketones is 1. The smallest absolute Gasteiger partial charge is 0.194 e. The lowest BCUT2D eigenvalue weighted by Gasteiger charge is -2.09. The lowest BCUT2D eigenvalue weighted by molar-refractivity contribution is 0.103. The molecule has 2 nitrogen and oxygen atoms in total. The topological polar surface area (TPSA) is 26.3 Å². The van der Waals surface area contributed by atoms with Crippen molar-refractivity contribution in [2.45, 2.75) is 6.92 Å². The number of hydrogen-bond acceptors (Lipinski definition) is 2. The molecule has 0 saturated carbocycles. The van der Waals surface area contributed by atoms with Crippen molar-refractivity contribution in [3.8, 4) is 5.75 Å². The summed E-state index contributed by atoms with van der Waals surface area (Å²) in [6.07, 6.45) is 0. The van der Waals surface area contributed by atoms with E-state index in [0.29, 0.717) is 38.6 Å². The maximum atomic E-state index is 12.4. The van der Waals surface area contributed by atoms with Gasteiger partial charge in [-0.25, -0.2) is 0 Å². The van der Waals surface area contributed by atoms with E-state index < -0.39 is 0 Å². The summed E-state index contributed by atoms with van der Waals surface area (Å²) >= 11 is 18.0. The maximum absolute atomic E-state index is 12.4. The van der Waals surface area contributed by atoms with Gasteiger partial charge in [-0.1, -0.05) is 34.8 Å². The molecular formula is C15H11Cl3O2. The fourth-order valence-electron chi connectivity index (χ4n) is 1.73. The molecule has 0 heterocycles. The summed E-state index contributed by atoms with van der Waals surface area (Å²) in [5.41, 5.74) is 0.832. The van der Waals surface area contributed by atoms with Gasteiger partial charge in [0.1, 0.15) is 5.75 Å². The van der Waals surface area contributed by atoms with Crippen LogP contribution in [0.15, 0.2) is 36.4 Å². The van der Waals surface area contributed by atoms with Crippen LogP contribution in [0.2, 0.25) is 15.1 Å². The van der Waals surface area contributed by atoms with Crippen LogP contribution >= 0.6 is 34.8 Å². The largest absolute Gasteiger partial charge is 0.492 e. The van der Waals surface area contributed by atoms with Gasteiger partial charge in [0.05, 0.1) is 16.7 Å². The van der Waals surface area contributed by atoms with E-state index >= 15 is 0 Å². The highest BCUT2D eigenvalue weighted by molar-refractivity contribution is 6.37. The molecule has 0 N–H and O–H groups in total. The minimum Gasteiger partial charge on any atom is -0.492 e. The zero-order valence-corrected chi connectivity index (χ0v) is 12.9. The van der Waals surface area contributed by atoms with Gasteiger partial charge in [0, 0.05) is 22.2 Å². The third-order valence-corrected chi connectivity index (χ3v) is 3.53. The Kier molecular flexibility index (Phi) is 4.92. The van der Waals surface area contributed by atoms with E-state index in [0.717, 1.165) is 0 Å². The Balaban J connectivity index is 2.40. The van der Waals surface area contributed by atoms with Crippen LogP contribution in [0.3, 0.4) is 0 Å². The Morgan fingerprint density at radius 1 is 1.05 bits per heavy atom. The lowest BCUT2D eigenvalue weighted by atomic mass is 10.0. The van der Waals surface area contributed by atoms with Crippen molar-refractivity contribution >= 4 is 40.6 Å². The summed E-state index contributed by atoms with van der Waals surface area (Å²) in [7, 11) is 0. The summed E-state index contributed by atoms with van der Waals surface area (Å²) in [4.78, 5) is 12.4. The van der Waals surface area contributed by atoms with Gasteiger partial charge in [0.25, 0.3) is 0 Å².